The largest absolute Gasteiger partial charge is 0.493 e. The monoisotopic (exact) mass is 320 g/mol. The van der Waals surface area contributed by atoms with Gasteiger partial charge >= 0.3 is 5.97 Å². The average molecular weight is 321 g/mol. The van der Waals surface area contributed by atoms with Crippen LogP contribution in [0, 0.1) is 0 Å². The third-order valence-corrected chi connectivity index (χ3v) is 3.76. The summed E-state index contributed by atoms with van der Waals surface area (Å²) in [5.41, 5.74) is 0.183. The predicted octanol–water partition coefficient (Wildman–Crippen LogP) is 1.82. The van der Waals surface area contributed by atoms with Gasteiger partial charge in [-0.1, -0.05) is 0 Å². The van der Waals surface area contributed by atoms with Crippen molar-refractivity contribution in [2.24, 2.45) is 0 Å². The third kappa shape index (κ3) is 3.88. The number of rotatable bonds is 5. The lowest BCUT2D eigenvalue weighted by molar-refractivity contribution is -0.134. The lowest BCUT2D eigenvalue weighted by Crippen LogP contribution is -2.00. The Labute approximate surface area is 121 Å². The van der Waals surface area contributed by atoms with Crippen LogP contribution in [0.1, 0.15) is 5.56 Å². The van der Waals surface area contributed by atoms with E-state index in [0.29, 0.717) is 5.75 Å². The maximum atomic E-state index is 11.6. The van der Waals surface area contributed by atoms with Gasteiger partial charge in [-0.3, -0.25) is 0 Å². The molecule has 0 aliphatic heterocycles. The van der Waals surface area contributed by atoms with Gasteiger partial charge in [0.2, 0.25) is 0 Å². The third-order valence-electron chi connectivity index (χ3n) is 2.38. The highest BCUT2D eigenvalue weighted by Crippen LogP contribution is 2.34. The number of benzene rings is 1. The van der Waals surface area contributed by atoms with Crippen molar-refractivity contribution in [3.63, 3.8) is 0 Å². The zero-order chi connectivity index (χ0) is 15.3. The van der Waals surface area contributed by atoms with E-state index in [1.54, 1.807) is 0 Å². The molecule has 8 heteroatoms. The van der Waals surface area contributed by atoms with Crippen molar-refractivity contribution in [1.82, 2.24) is 0 Å². The first kappa shape index (κ1) is 16.3. The summed E-state index contributed by atoms with van der Waals surface area (Å²) < 4.78 is 37.6. The lowest BCUT2D eigenvalue weighted by atomic mass is 10.2. The molecule has 0 aliphatic rings. The van der Waals surface area contributed by atoms with Crippen LogP contribution in [0.25, 0.3) is 6.08 Å². The molecular weight excluding hydrogens is 308 g/mol. The van der Waals surface area contributed by atoms with Crippen molar-refractivity contribution < 1.29 is 27.4 Å². The Kier molecular flexibility index (Phi) is 5.41. The summed E-state index contributed by atoms with van der Waals surface area (Å²) in [5.74, 6) is -0.110. The zero-order valence-corrected chi connectivity index (χ0v) is 12.6. The van der Waals surface area contributed by atoms with Crippen molar-refractivity contribution in [2.75, 3.05) is 21.3 Å². The number of carbonyl (C=O) groups is 1. The molecule has 0 spiro atoms. The van der Waals surface area contributed by atoms with E-state index >= 15 is 0 Å². The topological polar surface area (TPSA) is 78.9 Å². The molecule has 0 saturated carbocycles. The van der Waals surface area contributed by atoms with E-state index in [-0.39, 0.29) is 16.2 Å². The molecule has 1 aromatic rings. The number of halogens is 1. The van der Waals surface area contributed by atoms with Gasteiger partial charge in [-0.2, -0.15) is 0 Å². The maximum Gasteiger partial charge on any atom is 0.330 e. The Morgan fingerprint density at radius 1 is 1.15 bits per heavy atom. The van der Waals surface area contributed by atoms with Crippen molar-refractivity contribution >= 4 is 31.8 Å². The van der Waals surface area contributed by atoms with Crippen LogP contribution < -0.4 is 9.47 Å². The fourth-order valence-corrected chi connectivity index (χ4v) is 2.50. The average Bonchev–Trinajstić information content (AvgIpc) is 2.42. The van der Waals surface area contributed by atoms with Gasteiger partial charge in [0, 0.05) is 22.8 Å². The minimum Gasteiger partial charge on any atom is -0.493 e. The van der Waals surface area contributed by atoms with Gasteiger partial charge in [0.05, 0.1) is 26.2 Å². The zero-order valence-electron chi connectivity index (χ0n) is 11.0. The Morgan fingerprint density at radius 2 is 1.70 bits per heavy atom. The summed E-state index contributed by atoms with van der Waals surface area (Å²) >= 11 is 0. The van der Waals surface area contributed by atoms with Crippen molar-refractivity contribution in [3.05, 3.63) is 23.8 Å². The molecule has 0 saturated heterocycles. The van der Waals surface area contributed by atoms with Gasteiger partial charge in [0.1, 0.15) is 0 Å². The lowest BCUT2D eigenvalue weighted by Gasteiger charge is -2.11. The van der Waals surface area contributed by atoms with Crippen molar-refractivity contribution in [2.45, 2.75) is 4.90 Å². The highest BCUT2D eigenvalue weighted by molar-refractivity contribution is 8.13. The second kappa shape index (κ2) is 6.62. The van der Waals surface area contributed by atoms with E-state index in [9.17, 15) is 13.2 Å². The summed E-state index contributed by atoms with van der Waals surface area (Å²) in [5, 5.41) is 0. The molecule has 0 bridgehead atoms. The van der Waals surface area contributed by atoms with Crippen LogP contribution in [0.5, 0.6) is 11.5 Å². The highest BCUT2D eigenvalue weighted by atomic mass is 35.7. The van der Waals surface area contributed by atoms with E-state index in [4.69, 9.17) is 20.2 Å². The van der Waals surface area contributed by atoms with Crippen LogP contribution in [0.15, 0.2) is 23.1 Å². The normalized spacial score (nSPS) is 11.4. The molecule has 1 aromatic carbocycles. The molecule has 0 aromatic heterocycles. The van der Waals surface area contributed by atoms with Crippen molar-refractivity contribution in [1.29, 1.82) is 0 Å². The highest BCUT2D eigenvalue weighted by Gasteiger charge is 2.19. The minimum absolute atomic E-state index is 0.183. The standard InChI is InChI=1S/C12H13ClO6S/c1-17-9-6-8(4-5-12(14)19-3)11(20(13,15)16)7-10(9)18-2/h4-7H,1-3H3. The Bertz CT molecular complexity index is 636. The molecule has 0 heterocycles. The van der Waals surface area contributed by atoms with Gasteiger partial charge in [-0.25, -0.2) is 13.2 Å². The Morgan fingerprint density at radius 3 is 2.15 bits per heavy atom. The van der Waals surface area contributed by atoms with Crippen LogP contribution in [0.3, 0.4) is 0 Å². The summed E-state index contributed by atoms with van der Waals surface area (Å²) in [6, 6.07) is 2.62. The Hall–Kier alpha value is -1.73. The first-order chi connectivity index (χ1) is 9.33. The van der Waals surface area contributed by atoms with Crippen molar-refractivity contribution in [3.8, 4) is 11.5 Å². The van der Waals surface area contributed by atoms with Crippen LogP contribution in [0.2, 0.25) is 0 Å². The number of esters is 1. The summed E-state index contributed by atoms with van der Waals surface area (Å²) in [4.78, 5) is 10.9. The molecule has 6 nitrogen and oxygen atoms in total. The molecule has 0 N–H and O–H groups in total. The van der Waals surface area contributed by atoms with Crippen LogP contribution in [0.4, 0.5) is 0 Å². The smallest absolute Gasteiger partial charge is 0.330 e. The van der Waals surface area contributed by atoms with E-state index in [1.165, 1.54) is 39.5 Å². The molecule has 0 radical (unpaired) electrons. The molecule has 0 amide bonds. The molecule has 0 aliphatic carbocycles. The predicted molar refractivity (Wildman–Crippen MR) is 73.6 cm³/mol. The van der Waals surface area contributed by atoms with E-state index in [2.05, 4.69) is 4.74 Å². The molecule has 0 fully saturated rings. The van der Waals surface area contributed by atoms with Gasteiger partial charge in [0.25, 0.3) is 9.05 Å². The van der Waals surface area contributed by atoms with Gasteiger partial charge in [-0.05, 0) is 17.7 Å². The second-order valence-electron chi connectivity index (χ2n) is 3.54. The first-order valence-electron chi connectivity index (χ1n) is 5.30. The number of ether oxygens (including phenoxy) is 3. The fraction of sp³-hybridized carbons (Fsp3) is 0.250. The molecule has 110 valence electrons. The number of methoxy groups -OCH3 is 3. The quantitative estimate of drug-likeness (QED) is 0.468. The van der Waals surface area contributed by atoms with Crippen LogP contribution >= 0.6 is 10.7 Å². The van der Waals surface area contributed by atoms with Gasteiger partial charge in [0.15, 0.2) is 11.5 Å². The number of carbonyl (C=O) groups excluding carboxylic acids is 1. The molecular formula is C12H13ClO6S. The molecule has 0 unspecified atom stereocenters. The molecule has 1 rings (SSSR count). The first-order valence-corrected chi connectivity index (χ1v) is 7.61. The second-order valence-corrected chi connectivity index (χ2v) is 6.07. The van der Waals surface area contributed by atoms with E-state index in [1.807, 2.05) is 0 Å². The fourth-order valence-electron chi connectivity index (χ4n) is 1.44. The summed E-state index contributed by atoms with van der Waals surface area (Å²) in [7, 11) is 5.33. The summed E-state index contributed by atoms with van der Waals surface area (Å²) in [6.45, 7) is 0. The van der Waals surface area contributed by atoms with Gasteiger partial charge < -0.3 is 14.2 Å². The molecule has 0 atom stereocenters. The number of hydrogen-bond acceptors (Lipinski definition) is 6. The van der Waals surface area contributed by atoms with Crippen LogP contribution in [-0.2, 0) is 18.6 Å². The van der Waals surface area contributed by atoms with Crippen LogP contribution in [-0.4, -0.2) is 35.7 Å². The van der Waals surface area contributed by atoms with E-state index in [0.717, 1.165) is 6.08 Å². The van der Waals surface area contributed by atoms with Gasteiger partial charge in [-0.15, -0.1) is 0 Å². The Balaban J connectivity index is 3.47. The maximum absolute atomic E-state index is 11.6. The number of hydrogen-bond donors (Lipinski definition) is 0. The minimum atomic E-state index is -4.01. The van der Waals surface area contributed by atoms with E-state index < -0.39 is 15.0 Å². The SMILES string of the molecule is COC(=O)C=Cc1cc(OC)c(OC)cc1S(=O)(=O)Cl. The molecule has 20 heavy (non-hydrogen) atoms. The summed E-state index contributed by atoms with van der Waals surface area (Å²) in [6.07, 6.45) is 2.34.